The molecule has 0 aliphatic carbocycles. The lowest BCUT2D eigenvalue weighted by Crippen LogP contribution is -2.35. The molecular formula is C20H18FN3O. The topological polar surface area (TPSA) is 44.4 Å². The lowest BCUT2D eigenvalue weighted by atomic mass is 9.89. The molecule has 1 aromatic carbocycles. The standard InChI is InChI=1S/C20H18FN3O/c1-13-9-14(5-7-18(13)21)20-17(3-2-8-22-20)15-4-6-16-10-23-19(12-25)24(16)11-15/h2-12,19-20,22-23H,1H3. The first-order valence-electron chi connectivity index (χ1n) is 8.16. The number of rotatable bonds is 3. The van der Waals surface area contributed by atoms with E-state index >= 15 is 0 Å². The molecule has 0 fully saturated rings. The Morgan fingerprint density at radius 2 is 2.12 bits per heavy atom. The van der Waals surface area contributed by atoms with E-state index in [1.165, 1.54) is 6.07 Å². The number of nitrogens with zero attached hydrogens (tertiary/aromatic N) is 1. The zero-order valence-electron chi connectivity index (χ0n) is 13.7. The van der Waals surface area contributed by atoms with Crippen LogP contribution in [0.15, 0.2) is 77.9 Å². The van der Waals surface area contributed by atoms with Crippen molar-refractivity contribution in [3.63, 3.8) is 0 Å². The van der Waals surface area contributed by atoms with Crippen molar-refractivity contribution in [2.24, 2.45) is 0 Å². The average molecular weight is 335 g/mol. The molecule has 3 aliphatic heterocycles. The van der Waals surface area contributed by atoms with E-state index in [1.807, 2.05) is 53.9 Å². The van der Waals surface area contributed by atoms with Crippen LogP contribution in [0.3, 0.4) is 0 Å². The van der Waals surface area contributed by atoms with Crippen LogP contribution >= 0.6 is 0 Å². The molecule has 1 aromatic rings. The van der Waals surface area contributed by atoms with Crippen molar-refractivity contribution in [3.8, 4) is 0 Å². The predicted molar refractivity (Wildman–Crippen MR) is 94.4 cm³/mol. The Balaban J connectivity index is 1.70. The summed E-state index contributed by atoms with van der Waals surface area (Å²) in [4.78, 5) is 13.1. The van der Waals surface area contributed by atoms with Crippen molar-refractivity contribution >= 4 is 6.29 Å². The van der Waals surface area contributed by atoms with Gasteiger partial charge in [0.2, 0.25) is 0 Å². The number of carbonyl (C=O) groups is 1. The molecule has 0 saturated carbocycles. The number of carbonyl (C=O) groups excluding carboxylic acids is 1. The minimum absolute atomic E-state index is 0.0732. The Kier molecular flexibility index (Phi) is 3.76. The molecule has 4 rings (SSSR count). The maximum absolute atomic E-state index is 13.6. The van der Waals surface area contributed by atoms with E-state index in [2.05, 4.69) is 10.6 Å². The molecule has 5 heteroatoms. The number of halogens is 1. The van der Waals surface area contributed by atoms with Gasteiger partial charge in [0.25, 0.3) is 0 Å². The van der Waals surface area contributed by atoms with E-state index in [9.17, 15) is 9.18 Å². The molecule has 4 nitrogen and oxygen atoms in total. The van der Waals surface area contributed by atoms with Crippen LogP contribution in [0.2, 0.25) is 0 Å². The quantitative estimate of drug-likeness (QED) is 0.834. The molecule has 3 heterocycles. The molecule has 0 radical (unpaired) electrons. The highest BCUT2D eigenvalue weighted by atomic mass is 19.1. The van der Waals surface area contributed by atoms with Crippen molar-refractivity contribution in [3.05, 3.63) is 94.9 Å². The summed E-state index contributed by atoms with van der Waals surface area (Å²) in [5.41, 5.74) is 4.65. The monoisotopic (exact) mass is 335 g/mol. The van der Waals surface area contributed by atoms with Gasteiger partial charge in [-0.1, -0.05) is 24.3 Å². The zero-order chi connectivity index (χ0) is 17.4. The minimum Gasteiger partial charge on any atom is -0.380 e. The van der Waals surface area contributed by atoms with Gasteiger partial charge in [0.15, 0.2) is 12.5 Å². The lowest BCUT2D eigenvalue weighted by molar-refractivity contribution is -0.111. The predicted octanol–water partition coefficient (Wildman–Crippen LogP) is 2.94. The summed E-state index contributed by atoms with van der Waals surface area (Å²) in [6.45, 7) is 1.77. The van der Waals surface area contributed by atoms with Gasteiger partial charge in [-0.05, 0) is 53.6 Å². The third kappa shape index (κ3) is 2.67. The molecule has 0 saturated heterocycles. The van der Waals surface area contributed by atoms with Crippen LogP contribution in [0.1, 0.15) is 17.2 Å². The summed E-state index contributed by atoms with van der Waals surface area (Å²) in [6, 6.07) is 5.10. The van der Waals surface area contributed by atoms with Crippen LogP contribution in [0.5, 0.6) is 0 Å². The number of aldehydes is 1. The summed E-state index contributed by atoms with van der Waals surface area (Å²) < 4.78 is 13.6. The number of benzene rings is 1. The maximum Gasteiger partial charge on any atom is 0.163 e. The fourth-order valence-corrected chi connectivity index (χ4v) is 3.29. The molecule has 25 heavy (non-hydrogen) atoms. The Morgan fingerprint density at radius 3 is 2.92 bits per heavy atom. The smallest absolute Gasteiger partial charge is 0.163 e. The van der Waals surface area contributed by atoms with Crippen molar-refractivity contribution in [1.82, 2.24) is 15.5 Å². The fourth-order valence-electron chi connectivity index (χ4n) is 3.29. The SMILES string of the molecule is Cc1cc(C2NC=CC=C2C2=CN3C(=CNC3C=O)C=C2)ccc1F. The maximum atomic E-state index is 13.6. The van der Waals surface area contributed by atoms with Crippen molar-refractivity contribution in [2.75, 3.05) is 0 Å². The number of aryl methyl sites for hydroxylation is 1. The summed E-state index contributed by atoms with van der Waals surface area (Å²) in [5, 5.41) is 6.39. The Hall–Kier alpha value is -3.08. The van der Waals surface area contributed by atoms with E-state index in [0.29, 0.717) is 5.56 Å². The van der Waals surface area contributed by atoms with Gasteiger partial charge in [0, 0.05) is 12.4 Å². The number of nitrogens with one attached hydrogen (secondary N) is 2. The third-order valence-corrected chi connectivity index (χ3v) is 4.64. The summed E-state index contributed by atoms with van der Waals surface area (Å²) in [5.74, 6) is -0.204. The second-order valence-electron chi connectivity index (χ2n) is 6.23. The number of allylic oxidation sites excluding steroid dienone is 4. The summed E-state index contributed by atoms with van der Waals surface area (Å²) in [7, 11) is 0. The molecule has 0 spiro atoms. The molecule has 126 valence electrons. The molecule has 2 N–H and O–H groups in total. The van der Waals surface area contributed by atoms with E-state index < -0.39 is 0 Å². The second kappa shape index (κ2) is 6.09. The number of hydrogen-bond donors (Lipinski definition) is 2. The summed E-state index contributed by atoms with van der Waals surface area (Å²) >= 11 is 0. The second-order valence-corrected chi connectivity index (χ2v) is 6.23. The van der Waals surface area contributed by atoms with Gasteiger partial charge in [0.1, 0.15) is 5.82 Å². The number of dihydropyridines is 1. The summed E-state index contributed by atoms with van der Waals surface area (Å²) in [6.07, 6.45) is 14.2. The Labute approximate surface area is 145 Å². The van der Waals surface area contributed by atoms with Crippen LogP contribution in [0, 0.1) is 12.7 Å². The van der Waals surface area contributed by atoms with E-state index in [4.69, 9.17) is 0 Å². The zero-order valence-corrected chi connectivity index (χ0v) is 13.7. The first kappa shape index (κ1) is 15.4. The first-order valence-corrected chi connectivity index (χ1v) is 8.16. The number of fused-ring (bicyclic) bond motifs is 1. The van der Waals surface area contributed by atoms with Crippen LogP contribution in [0.4, 0.5) is 4.39 Å². The highest BCUT2D eigenvalue weighted by molar-refractivity contribution is 5.62. The van der Waals surface area contributed by atoms with E-state index in [1.54, 1.807) is 13.0 Å². The Morgan fingerprint density at radius 1 is 1.24 bits per heavy atom. The minimum atomic E-state index is -0.380. The van der Waals surface area contributed by atoms with Crippen molar-refractivity contribution in [1.29, 1.82) is 0 Å². The number of hydrogen-bond acceptors (Lipinski definition) is 4. The highest BCUT2D eigenvalue weighted by Gasteiger charge is 2.27. The van der Waals surface area contributed by atoms with Crippen molar-refractivity contribution in [2.45, 2.75) is 19.1 Å². The lowest BCUT2D eigenvalue weighted by Gasteiger charge is -2.29. The molecule has 0 bridgehead atoms. The van der Waals surface area contributed by atoms with Crippen LogP contribution in [-0.2, 0) is 4.79 Å². The molecule has 2 unspecified atom stereocenters. The van der Waals surface area contributed by atoms with Gasteiger partial charge in [-0.15, -0.1) is 0 Å². The van der Waals surface area contributed by atoms with E-state index in [0.717, 1.165) is 28.7 Å². The average Bonchev–Trinajstić information content (AvgIpc) is 3.06. The van der Waals surface area contributed by atoms with Gasteiger partial charge in [0.05, 0.1) is 11.7 Å². The largest absolute Gasteiger partial charge is 0.380 e. The van der Waals surface area contributed by atoms with Crippen LogP contribution in [-0.4, -0.2) is 17.4 Å². The van der Waals surface area contributed by atoms with Gasteiger partial charge in [-0.3, -0.25) is 4.79 Å². The van der Waals surface area contributed by atoms with Gasteiger partial charge < -0.3 is 15.5 Å². The molecule has 0 amide bonds. The van der Waals surface area contributed by atoms with Crippen LogP contribution in [0.25, 0.3) is 0 Å². The molecular weight excluding hydrogens is 317 g/mol. The van der Waals surface area contributed by atoms with Gasteiger partial charge >= 0.3 is 0 Å². The normalized spacial score (nSPS) is 23.9. The van der Waals surface area contributed by atoms with Crippen molar-refractivity contribution < 1.29 is 9.18 Å². The third-order valence-electron chi connectivity index (χ3n) is 4.64. The van der Waals surface area contributed by atoms with Crippen LogP contribution < -0.4 is 10.6 Å². The molecule has 3 aliphatic rings. The molecule has 2 atom stereocenters. The highest BCUT2D eigenvalue weighted by Crippen LogP contribution is 2.34. The first-order chi connectivity index (χ1) is 12.2. The fraction of sp³-hybridized carbons (Fsp3) is 0.150. The Bertz CT molecular complexity index is 879. The van der Waals surface area contributed by atoms with E-state index in [-0.39, 0.29) is 18.0 Å². The van der Waals surface area contributed by atoms with Gasteiger partial charge in [-0.25, -0.2) is 4.39 Å². The van der Waals surface area contributed by atoms with Gasteiger partial charge in [-0.2, -0.15) is 0 Å². The molecule has 0 aromatic heterocycles.